The molecule has 0 amide bonds. The van der Waals surface area contributed by atoms with Gasteiger partial charge < -0.3 is 5.73 Å². The molecule has 2 nitrogen and oxygen atoms in total. The second-order valence-electron chi connectivity index (χ2n) is 5.60. The van der Waals surface area contributed by atoms with Gasteiger partial charge in [-0.25, -0.2) is 4.39 Å². The van der Waals surface area contributed by atoms with Crippen molar-refractivity contribution < 1.29 is 9.18 Å². The monoisotopic (exact) mass is 285 g/mol. The van der Waals surface area contributed by atoms with Crippen LogP contribution in [-0.2, 0) is 0 Å². The third kappa shape index (κ3) is 2.56. The molecule has 0 saturated heterocycles. The van der Waals surface area contributed by atoms with E-state index >= 15 is 0 Å². The third-order valence-electron chi connectivity index (χ3n) is 4.41. The number of nitrogens with two attached hydrogens (primary N) is 1. The molecule has 0 unspecified atom stereocenters. The highest BCUT2D eigenvalue weighted by Gasteiger charge is 2.20. The van der Waals surface area contributed by atoms with E-state index in [9.17, 15) is 9.18 Å². The van der Waals surface area contributed by atoms with E-state index in [-0.39, 0.29) is 11.5 Å². The van der Waals surface area contributed by atoms with Gasteiger partial charge in [-0.3, -0.25) is 4.79 Å². The van der Waals surface area contributed by atoms with Crippen LogP contribution in [0.3, 0.4) is 0 Å². The lowest BCUT2D eigenvalue weighted by atomic mass is 9.86. The van der Waals surface area contributed by atoms with Crippen molar-refractivity contribution in [2.45, 2.75) is 34.6 Å². The molecule has 0 saturated carbocycles. The molecule has 0 spiro atoms. The molecular formula is C18H20FNO. The Hall–Kier alpha value is -2.16. The molecule has 0 aliphatic carbocycles. The fraction of sp³-hybridized carbons (Fsp3) is 0.278. The molecule has 21 heavy (non-hydrogen) atoms. The molecule has 3 heteroatoms. The summed E-state index contributed by atoms with van der Waals surface area (Å²) in [5.74, 6) is -0.670. The largest absolute Gasteiger partial charge is 0.399 e. The molecule has 0 fully saturated rings. The van der Waals surface area contributed by atoms with E-state index < -0.39 is 5.82 Å². The topological polar surface area (TPSA) is 43.1 Å². The summed E-state index contributed by atoms with van der Waals surface area (Å²) in [4.78, 5) is 12.8. The van der Waals surface area contributed by atoms with Gasteiger partial charge in [0.2, 0.25) is 0 Å². The Morgan fingerprint density at radius 1 is 0.857 bits per heavy atom. The van der Waals surface area contributed by atoms with Gasteiger partial charge in [-0.1, -0.05) is 0 Å². The minimum absolute atomic E-state index is 0.178. The molecule has 2 aromatic carbocycles. The zero-order valence-corrected chi connectivity index (χ0v) is 13.1. The smallest absolute Gasteiger partial charge is 0.193 e. The summed E-state index contributed by atoms with van der Waals surface area (Å²) in [5.41, 5.74) is 12.1. The van der Waals surface area contributed by atoms with Crippen molar-refractivity contribution in [1.29, 1.82) is 0 Å². The standard InChI is InChI=1S/C18H20FNO/c1-9-10(2)12(4)17(13(5)11(9)3)18(21)14-6-15(19)8-16(20)7-14/h6-8H,20H2,1-5H3. The van der Waals surface area contributed by atoms with Crippen LogP contribution in [0.15, 0.2) is 18.2 Å². The van der Waals surface area contributed by atoms with Gasteiger partial charge in [0.15, 0.2) is 5.78 Å². The van der Waals surface area contributed by atoms with Crippen LogP contribution in [-0.4, -0.2) is 5.78 Å². The second kappa shape index (κ2) is 5.32. The average molecular weight is 285 g/mol. The minimum Gasteiger partial charge on any atom is -0.399 e. The maximum absolute atomic E-state index is 13.5. The Morgan fingerprint density at radius 2 is 1.33 bits per heavy atom. The summed E-state index contributed by atoms with van der Waals surface area (Å²) in [6.45, 7) is 9.94. The predicted molar refractivity (Wildman–Crippen MR) is 84.4 cm³/mol. The van der Waals surface area contributed by atoms with E-state index in [1.165, 1.54) is 23.8 Å². The molecule has 2 N–H and O–H groups in total. The SMILES string of the molecule is Cc1c(C)c(C)c(C(=O)c2cc(N)cc(F)c2)c(C)c1C. The van der Waals surface area contributed by atoms with Gasteiger partial charge in [0.25, 0.3) is 0 Å². The van der Waals surface area contributed by atoms with E-state index in [2.05, 4.69) is 6.92 Å². The van der Waals surface area contributed by atoms with Crippen molar-refractivity contribution >= 4 is 11.5 Å². The zero-order valence-electron chi connectivity index (χ0n) is 13.1. The van der Waals surface area contributed by atoms with E-state index in [1.807, 2.05) is 27.7 Å². The van der Waals surface area contributed by atoms with Crippen LogP contribution >= 0.6 is 0 Å². The Bertz CT molecular complexity index is 698. The fourth-order valence-electron chi connectivity index (χ4n) is 2.73. The van der Waals surface area contributed by atoms with Crippen molar-refractivity contribution in [2.24, 2.45) is 0 Å². The van der Waals surface area contributed by atoms with Crippen LogP contribution in [0.5, 0.6) is 0 Å². The summed E-state index contributed by atoms with van der Waals surface area (Å²) < 4.78 is 13.5. The highest BCUT2D eigenvalue weighted by Crippen LogP contribution is 2.28. The Kier molecular flexibility index (Phi) is 3.86. The molecule has 0 atom stereocenters. The highest BCUT2D eigenvalue weighted by atomic mass is 19.1. The number of nitrogen functional groups attached to an aromatic ring is 1. The van der Waals surface area contributed by atoms with Crippen LogP contribution in [0.25, 0.3) is 0 Å². The molecule has 2 aromatic rings. The normalized spacial score (nSPS) is 10.8. The van der Waals surface area contributed by atoms with Crippen molar-refractivity contribution in [3.63, 3.8) is 0 Å². The molecular weight excluding hydrogens is 265 g/mol. The van der Waals surface area contributed by atoms with Gasteiger partial charge in [0.1, 0.15) is 5.82 Å². The summed E-state index contributed by atoms with van der Waals surface area (Å²) in [7, 11) is 0. The summed E-state index contributed by atoms with van der Waals surface area (Å²) >= 11 is 0. The van der Waals surface area contributed by atoms with Gasteiger partial charge >= 0.3 is 0 Å². The summed E-state index contributed by atoms with van der Waals surface area (Å²) in [5, 5.41) is 0. The molecule has 110 valence electrons. The maximum Gasteiger partial charge on any atom is 0.193 e. The van der Waals surface area contributed by atoms with Gasteiger partial charge in [0, 0.05) is 16.8 Å². The number of rotatable bonds is 2. The number of hydrogen-bond acceptors (Lipinski definition) is 2. The van der Waals surface area contributed by atoms with Crippen LogP contribution in [0.1, 0.15) is 43.7 Å². The Morgan fingerprint density at radius 3 is 1.81 bits per heavy atom. The summed E-state index contributed by atoms with van der Waals surface area (Å²) in [6.07, 6.45) is 0. The summed E-state index contributed by atoms with van der Waals surface area (Å²) in [6, 6.07) is 3.97. The fourth-order valence-corrected chi connectivity index (χ4v) is 2.73. The molecule has 0 aromatic heterocycles. The predicted octanol–water partition coefficient (Wildman–Crippen LogP) is 4.18. The van der Waals surface area contributed by atoms with Gasteiger partial charge in [-0.15, -0.1) is 0 Å². The van der Waals surface area contributed by atoms with Crippen molar-refractivity contribution in [3.8, 4) is 0 Å². The number of carbonyl (C=O) groups excluding carboxylic acids is 1. The number of carbonyl (C=O) groups is 1. The first-order valence-electron chi connectivity index (χ1n) is 6.91. The van der Waals surface area contributed by atoms with Gasteiger partial charge in [0.05, 0.1) is 0 Å². The van der Waals surface area contributed by atoms with Gasteiger partial charge in [-0.05, 0) is 80.6 Å². The van der Waals surface area contributed by atoms with Crippen molar-refractivity contribution in [1.82, 2.24) is 0 Å². The highest BCUT2D eigenvalue weighted by molar-refractivity contribution is 6.11. The van der Waals surface area contributed by atoms with E-state index in [0.29, 0.717) is 11.1 Å². The molecule has 0 aliphatic heterocycles. The van der Waals surface area contributed by atoms with Crippen molar-refractivity contribution in [2.75, 3.05) is 5.73 Å². The molecule has 0 radical (unpaired) electrons. The van der Waals surface area contributed by atoms with Crippen LogP contribution in [0.2, 0.25) is 0 Å². The molecule has 0 heterocycles. The quantitative estimate of drug-likeness (QED) is 0.664. The lowest BCUT2D eigenvalue weighted by molar-refractivity contribution is 0.103. The van der Waals surface area contributed by atoms with Crippen LogP contribution in [0.4, 0.5) is 10.1 Å². The average Bonchev–Trinajstić information content (AvgIpc) is 2.42. The van der Waals surface area contributed by atoms with Gasteiger partial charge in [-0.2, -0.15) is 0 Å². The first kappa shape index (κ1) is 15.2. The minimum atomic E-state index is -0.491. The molecule has 0 aliphatic rings. The third-order valence-corrected chi connectivity index (χ3v) is 4.41. The lowest BCUT2D eigenvalue weighted by Crippen LogP contribution is -2.11. The molecule has 0 bridgehead atoms. The van der Waals surface area contributed by atoms with E-state index in [0.717, 1.165) is 22.3 Å². The number of hydrogen-bond donors (Lipinski definition) is 1. The Labute approximate surface area is 124 Å². The first-order chi connectivity index (χ1) is 9.73. The van der Waals surface area contributed by atoms with Crippen molar-refractivity contribution in [3.05, 3.63) is 63.0 Å². The number of anilines is 1. The van der Waals surface area contributed by atoms with Crippen LogP contribution in [0, 0.1) is 40.4 Å². The number of ketones is 1. The zero-order chi connectivity index (χ0) is 15.9. The van der Waals surface area contributed by atoms with E-state index in [4.69, 9.17) is 5.73 Å². The Balaban J connectivity index is 2.69. The van der Waals surface area contributed by atoms with E-state index in [1.54, 1.807) is 0 Å². The number of halogens is 1. The first-order valence-corrected chi connectivity index (χ1v) is 6.91. The lowest BCUT2D eigenvalue weighted by Gasteiger charge is -2.18. The number of benzene rings is 2. The maximum atomic E-state index is 13.5. The second-order valence-corrected chi connectivity index (χ2v) is 5.60. The molecule has 2 rings (SSSR count). The van der Waals surface area contributed by atoms with Crippen LogP contribution < -0.4 is 5.73 Å².